The van der Waals surface area contributed by atoms with Crippen LogP contribution in [0, 0.1) is 6.92 Å². The first kappa shape index (κ1) is 34.6. The Hall–Kier alpha value is -1.70. The molecule has 0 saturated heterocycles. The van der Waals surface area contributed by atoms with Gasteiger partial charge in [0.2, 0.25) is 0 Å². The average molecular weight is 351 g/mol. The molecule has 0 spiro atoms. The van der Waals surface area contributed by atoms with E-state index < -0.39 is 0 Å². The molecule has 2 heteroatoms. The molecule has 1 aromatic carbocycles. The highest BCUT2D eigenvalue weighted by molar-refractivity contribution is 5.13. The number of hydrogen-bond acceptors (Lipinski definition) is 2. The number of rotatable bonds is 1. The number of hydrogen-bond donors (Lipinski definition) is 0. The van der Waals surface area contributed by atoms with Crippen molar-refractivity contribution in [3.63, 3.8) is 0 Å². The highest BCUT2D eigenvalue weighted by Gasteiger charge is 1.80. The van der Waals surface area contributed by atoms with Crippen LogP contribution in [0.15, 0.2) is 48.8 Å². The van der Waals surface area contributed by atoms with Gasteiger partial charge in [0, 0.05) is 12.4 Å². The van der Waals surface area contributed by atoms with Crippen molar-refractivity contribution in [2.75, 3.05) is 0 Å². The molecule has 0 fully saturated rings. The van der Waals surface area contributed by atoms with Crippen molar-refractivity contribution in [2.45, 2.75) is 89.5 Å². The largest absolute Gasteiger partial charge is 0.242 e. The van der Waals surface area contributed by atoms with Crippen molar-refractivity contribution in [1.82, 2.24) is 9.97 Å². The third-order valence-electron chi connectivity index (χ3n) is 1.95. The van der Waals surface area contributed by atoms with Gasteiger partial charge in [0.15, 0.2) is 0 Å². The van der Waals surface area contributed by atoms with Gasteiger partial charge in [-0.1, -0.05) is 106 Å². The Morgan fingerprint density at radius 3 is 1.16 bits per heavy atom. The third-order valence-corrected chi connectivity index (χ3v) is 1.95. The Balaban J connectivity index is -0.0000000718. The fourth-order valence-corrected chi connectivity index (χ4v) is 1.09. The second-order valence-corrected chi connectivity index (χ2v) is 3.14. The van der Waals surface area contributed by atoms with Crippen LogP contribution < -0.4 is 0 Å². The fourth-order valence-electron chi connectivity index (χ4n) is 1.09. The van der Waals surface area contributed by atoms with Crippen LogP contribution in [0.5, 0.6) is 0 Å². The summed E-state index contributed by atoms with van der Waals surface area (Å²) in [5.41, 5.74) is 1.41. The van der Waals surface area contributed by atoms with Crippen molar-refractivity contribution in [3.05, 3.63) is 60.2 Å². The van der Waals surface area contributed by atoms with E-state index in [4.69, 9.17) is 0 Å². The maximum absolute atomic E-state index is 3.87. The molecule has 0 bridgehead atoms. The number of aryl methyl sites for hydroxylation is 2. The molecule has 1 heterocycles. The molecular formula is C23H46N2. The van der Waals surface area contributed by atoms with Crippen molar-refractivity contribution >= 4 is 0 Å². The van der Waals surface area contributed by atoms with Crippen molar-refractivity contribution < 1.29 is 0 Å². The van der Waals surface area contributed by atoms with Crippen LogP contribution in [-0.2, 0) is 6.42 Å². The van der Waals surface area contributed by atoms with E-state index in [-0.39, 0.29) is 0 Å². The van der Waals surface area contributed by atoms with Crippen molar-refractivity contribution in [2.24, 2.45) is 0 Å². The zero-order chi connectivity index (χ0) is 20.9. The van der Waals surface area contributed by atoms with Gasteiger partial charge in [0.05, 0.1) is 0 Å². The summed E-state index contributed by atoms with van der Waals surface area (Å²) in [7, 11) is 0. The van der Waals surface area contributed by atoms with Crippen LogP contribution in [0.3, 0.4) is 0 Å². The maximum Gasteiger partial charge on any atom is 0.125 e. The summed E-state index contributed by atoms with van der Waals surface area (Å²) >= 11 is 0. The molecule has 0 unspecified atom stereocenters. The third kappa shape index (κ3) is 34.6. The van der Waals surface area contributed by atoms with E-state index in [0.717, 1.165) is 12.2 Å². The predicted octanol–water partition coefficient (Wildman–Crippen LogP) is 8.17. The van der Waals surface area contributed by atoms with E-state index in [1.165, 1.54) is 5.56 Å². The molecule has 0 aliphatic rings. The number of benzene rings is 1. The van der Waals surface area contributed by atoms with Crippen molar-refractivity contribution in [1.29, 1.82) is 0 Å². The molecular weight excluding hydrogens is 304 g/mol. The normalized spacial score (nSPS) is 6.56. The lowest BCUT2D eigenvalue weighted by Gasteiger charge is -1.89. The van der Waals surface area contributed by atoms with Crippen molar-refractivity contribution in [3.8, 4) is 0 Å². The molecule has 0 N–H and O–H groups in total. The van der Waals surface area contributed by atoms with E-state index in [1.54, 1.807) is 18.5 Å². The van der Waals surface area contributed by atoms with Crippen LogP contribution in [0.2, 0.25) is 0 Å². The topological polar surface area (TPSA) is 25.8 Å². The standard InChI is InChI=1S/C8H10.C5H6N2.5C2H6/c1-2-8-6-4-3-5-7-8;1-5-6-3-2-4-7-5;5*1-2/h3-7H,2H2,1H3;2-4H,1H3;5*1-2H3. The minimum Gasteiger partial charge on any atom is -0.242 e. The van der Waals surface area contributed by atoms with Crippen LogP contribution in [0.4, 0.5) is 0 Å². The lowest BCUT2D eigenvalue weighted by atomic mass is 10.2. The quantitative estimate of drug-likeness (QED) is 0.518. The first-order valence-electron chi connectivity index (χ1n) is 10.1. The zero-order valence-electron chi connectivity index (χ0n) is 19.2. The number of aromatic nitrogens is 2. The Morgan fingerprint density at radius 2 is 0.960 bits per heavy atom. The first-order chi connectivity index (χ1) is 12.3. The first-order valence-corrected chi connectivity index (χ1v) is 10.1. The van der Waals surface area contributed by atoms with Crippen LogP contribution >= 0.6 is 0 Å². The van der Waals surface area contributed by atoms with Gasteiger partial charge in [0.25, 0.3) is 0 Å². The highest BCUT2D eigenvalue weighted by atomic mass is 14.8. The van der Waals surface area contributed by atoms with Gasteiger partial charge < -0.3 is 0 Å². The maximum atomic E-state index is 3.87. The zero-order valence-corrected chi connectivity index (χ0v) is 19.2. The van der Waals surface area contributed by atoms with E-state index in [1.807, 2.05) is 82.2 Å². The summed E-state index contributed by atoms with van der Waals surface area (Å²) in [5, 5.41) is 0. The van der Waals surface area contributed by atoms with E-state index >= 15 is 0 Å². The van der Waals surface area contributed by atoms with Gasteiger partial charge in [-0.25, -0.2) is 9.97 Å². The Labute approximate surface area is 160 Å². The summed E-state index contributed by atoms with van der Waals surface area (Å²) in [6.07, 6.45) is 4.59. The lowest BCUT2D eigenvalue weighted by Crippen LogP contribution is -1.80. The Morgan fingerprint density at radius 1 is 0.600 bits per heavy atom. The molecule has 0 amide bonds. The average Bonchev–Trinajstić information content (AvgIpc) is 2.77. The second-order valence-electron chi connectivity index (χ2n) is 3.14. The Bertz CT molecular complexity index is 358. The summed E-state index contributed by atoms with van der Waals surface area (Å²) in [6, 6.07) is 12.3. The monoisotopic (exact) mass is 350 g/mol. The van der Waals surface area contributed by atoms with E-state index in [2.05, 4.69) is 41.2 Å². The van der Waals surface area contributed by atoms with Gasteiger partial charge >= 0.3 is 0 Å². The van der Waals surface area contributed by atoms with Gasteiger partial charge in [-0.15, -0.1) is 0 Å². The summed E-state index contributed by atoms with van der Waals surface area (Å²) in [5.74, 6) is 0.822. The molecule has 0 radical (unpaired) electrons. The molecule has 2 rings (SSSR count). The van der Waals surface area contributed by atoms with Gasteiger partial charge in [-0.05, 0) is 25.0 Å². The van der Waals surface area contributed by atoms with Crippen LogP contribution in [-0.4, -0.2) is 9.97 Å². The summed E-state index contributed by atoms with van der Waals surface area (Å²) < 4.78 is 0. The van der Waals surface area contributed by atoms with Gasteiger partial charge in [-0.3, -0.25) is 0 Å². The smallest absolute Gasteiger partial charge is 0.125 e. The summed E-state index contributed by atoms with van der Waals surface area (Å²) in [6.45, 7) is 24.0. The SMILES string of the molecule is CC.CC.CC.CC.CC.CCc1ccccc1.Cc1ncccn1. The molecule has 0 aliphatic heterocycles. The summed E-state index contributed by atoms with van der Waals surface area (Å²) in [4.78, 5) is 7.74. The minimum absolute atomic E-state index is 0.822. The van der Waals surface area contributed by atoms with Gasteiger partial charge in [0.1, 0.15) is 5.82 Å². The van der Waals surface area contributed by atoms with E-state index in [0.29, 0.717) is 0 Å². The fraction of sp³-hybridized carbons (Fsp3) is 0.565. The molecule has 2 aromatic rings. The van der Waals surface area contributed by atoms with Crippen LogP contribution in [0.1, 0.15) is 87.5 Å². The molecule has 25 heavy (non-hydrogen) atoms. The Kier molecular flexibility index (Phi) is 59.8. The minimum atomic E-state index is 0.822. The second kappa shape index (κ2) is 43.2. The highest BCUT2D eigenvalue weighted by Crippen LogP contribution is 1.96. The van der Waals surface area contributed by atoms with Gasteiger partial charge in [-0.2, -0.15) is 0 Å². The molecule has 148 valence electrons. The van der Waals surface area contributed by atoms with E-state index in [9.17, 15) is 0 Å². The lowest BCUT2D eigenvalue weighted by molar-refractivity contribution is 1.05. The molecule has 0 atom stereocenters. The number of nitrogens with zero attached hydrogens (tertiary/aromatic N) is 2. The molecule has 1 aromatic heterocycles. The van der Waals surface area contributed by atoms with Crippen LogP contribution in [0.25, 0.3) is 0 Å². The molecule has 0 aliphatic carbocycles. The predicted molar refractivity (Wildman–Crippen MR) is 119 cm³/mol. The molecule has 2 nitrogen and oxygen atoms in total. The molecule has 0 saturated carbocycles.